The first kappa shape index (κ1) is 13.4. The Morgan fingerprint density at radius 1 is 1.00 bits per heavy atom. The van der Waals surface area contributed by atoms with E-state index in [0.29, 0.717) is 0 Å². The van der Waals surface area contributed by atoms with Gasteiger partial charge in [-0.2, -0.15) is 0 Å². The van der Waals surface area contributed by atoms with Crippen LogP contribution in [0.1, 0.15) is 31.7 Å². The molecule has 0 heterocycles. The zero-order chi connectivity index (χ0) is 12.5. The number of unbranched alkanes of at least 4 members (excludes halogenated alkanes) is 1. The van der Waals surface area contributed by atoms with Gasteiger partial charge in [0.05, 0.1) is 14.2 Å². The summed E-state index contributed by atoms with van der Waals surface area (Å²) < 4.78 is 10.5. The van der Waals surface area contributed by atoms with Crippen LogP contribution in [-0.2, 0) is 6.42 Å². The van der Waals surface area contributed by atoms with Crippen molar-refractivity contribution in [3.63, 3.8) is 0 Å². The summed E-state index contributed by atoms with van der Waals surface area (Å²) in [6, 6.07) is 6.01. The van der Waals surface area contributed by atoms with Crippen LogP contribution in [0.4, 0.5) is 0 Å². The van der Waals surface area contributed by atoms with E-state index < -0.39 is 0 Å². The molecule has 1 rings (SSSR count). The molecule has 0 saturated heterocycles. The first-order chi connectivity index (χ1) is 8.31. The van der Waals surface area contributed by atoms with Crippen LogP contribution in [-0.4, -0.2) is 14.2 Å². The minimum Gasteiger partial charge on any atom is -0.493 e. The van der Waals surface area contributed by atoms with Crippen molar-refractivity contribution < 1.29 is 9.47 Å². The molecule has 1 aromatic rings. The third-order valence-electron chi connectivity index (χ3n) is 2.49. The highest BCUT2D eigenvalue weighted by Gasteiger charge is 2.03. The fourth-order valence-corrected chi connectivity index (χ4v) is 1.54. The summed E-state index contributed by atoms with van der Waals surface area (Å²) in [4.78, 5) is 0. The van der Waals surface area contributed by atoms with Crippen LogP contribution >= 0.6 is 0 Å². The van der Waals surface area contributed by atoms with Crippen LogP contribution in [0.5, 0.6) is 11.5 Å². The molecule has 0 unspecified atom stereocenters. The molecule has 0 aliphatic rings. The van der Waals surface area contributed by atoms with E-state index in [4.69, 9.17) is 9.47 Å². The third kappa shape index (κ3) is 4.40. The molecule has 0 N–H and O–H groups in total. The zero-order valence-electron chi connectivity index (χ0n) is 10.9. The summed E-state index contributed by atoms with van der Waals surface area (Å²) in [5, 5.41) is 0. The Morgan fingerprint density at radius 3 is 2.35 bits per heavy atom. The topological polar surface area (TPSA) is 18.5 Å². The number of aryl methyl sites for hydroxylation is 1. The van der Waals surface area contributed by atoms with E-state index in [2.05, 4.69) is 24.8 Å². The van der Waals surface area contributed by atoms with Crippen LogP contribution in [0.25, 0.3) is 0 Å². The number of benzene rings is 1. The summed E-state index contributed by atoms with van der Waals surface area (Å²) in [6.07, 6.45) is 3.97. The standard InChI is InChI=1S/C15H20O2/c1-4-5-6-7-8-9-13-10-11-14(16-2)15(12-13)17-3/h10-12H,4-5,8-9H2,1-3H3. The Hall–Kier alpha value is -1.62. The SMILES string of the molecule is CCCC#CCCc1ccc(OC)c(OC)c1. The van der Waals surface area contributed by atoms with Crippen LogP contribution < -0.4 is 9.47 Å². The van der Waals surface area contributed by atoms with E-state index in [0.717, 1.165) is 37.2 Å². The van der Waals surface area contributed by atoms with Gasteiger partial charge in [-0.25, -0.2) is 0 Å². The van der Waals surface area contributed by atoms with Gasteiger partial charge in [0.25, 0.3) is 0 Å². The van der Waals surface area contributed by atoms with Crippen molar-refractivity contribution >= 4 is 0 Å². The Balaban J connectivity index is 2.58. The van der Waals surface area contributed by atoms with Crippen LogP contribution in [0.2, 0.25) is 0 Å². The van der Waals surface area contributed by atoms with Crippen molar-refractivity contribution in [1.82, 2.24) is 0 Å². The number of hydrogen-bond donors (Lipinski definition) is 0. The molecule has 0 aliphatic heterocycles. The number of methoxy groups -OCH3 is 2. The monoisotopic (exact) mass is 232 g/mol. The third-order valence-corrected chi connectivity index (χ3v) is 2.49. The Morgan fingerprint density at radius 2 is 1.71 bits per heavy atom. The molecule has 17 heavy (non-hydrogen) atoms. The first-order valence-electron chi connectivity index (χ1n) is 5.98. The van der Waals surface area contributed by atoms with Gasteiger partial charge in [-0.3, -0.25) is 0 Å². The van der Waals surface area contributed by atoms with Crippen LogP contribution in [0, 0.1) is 11.8 Å². The summed E-state index contributed by atoms with van der Waals surface area (Å²) in [6.45, 7) is 2.14. The summed E-state index contributed by atoms with van der Waals surface area (Å²) in [5.41, 5.74) is 1.23. The number of rotatable bonds is 5. The molecule has 0 spiro atoms. The van der Waals surface area contributed by atoms with Crippen molar-refractivity contribution in [2.24, 2.45) is 0 Å². The molecule has 0 aromatic heterocycles. The first-order valence-corrected chi connectivity index (χ1v) is 5.98. The van der Waals surface area contributed by atoms with Crippen molar-refractivity contribution in [2.75, 3.05) is 14.2 Å². The van der Waals surface area contributed by atoms with Gasteiger partial charge in [0.2, 0.25) is 0 Å². The Bertz CT molecular complexity index is 399. The second kappa shape index (κ2) is 7.62. The second-order valence-electron chi connectivity index (χ2n) is 3.79. The summed E-state index contributed by atoms with van der Waals surface area (Å²) in [5.74, 6) is 7.88. The lowest BCUT2D eigenvalue weighted by Crippen LogP contribution is -1.92. The van der Waals surface area contributed by atoms with E-state index in [1.54, 1.807) is 14.2 Å². The molecule has 0 amide bonds. The molecule has 0 aliphatic carbocycles. The highest BCUT2D eigenvalue weighted by atomic mass is 16.5. The highest BCUT2D eigenvalue weighted by molar-refractivity contribution is 5.43. The fraction of sp³-hybridized carbons (Fsp3) is 0.467. The van der Waals surface area contributed by atoms with Crippen molar-refractivity contribution in [3.05, 3.63) is 23.8 Å². The second-order valence-corrected chi connectivity index (χ2v) is 3.79. The lowest BCUT2D eigenvalue weighted by molar-refractivity contribution is 0.354. The van der Waals surface area contributed by atoms with E-state index in [-0.39, 0.29) is 0 Å². The molecule has 0 saturated carbocycles. The Labute approximate surface area is 104 Å². The molecular formula is C15H20O2. The highest BCUT2D eigenvalue weighted by Crippen LogP contribution is 2.27. The van der Waals surface area contributed by atoms with Gasteiger partial charge in [-0.15, -0.1) is 11.8 Å². The summed E-state index contributed by atoms with van der Waals surface area (Å²) >= 11 is 0. The minimum atomic E-state index is 0.772. The lowest BCUT2D eigenvalue weighted by Gasteiger charge is -2.08. The Kier molecular flexibility index (Phi) is 6.03. The predicted molar refractivity (Wildman–Crippen MR) is 70.6 cm³/mol. The maximum absolute atomic E-state index is 5.26. The fourth-order valence-electron chi connectivity index (χ4n) is 1.54. The molecule has 92 valence electrons. The summed E-state index contributed by atoms with van der Waals surface area (Å²) in [7, 11) is 3.30. The van der Waals surface area contributed by atoms with Crippen molar-refractivity contribution in [1.29, 1.82) is 0 Å². The van der Waals surface area contributed by atoms with E-state index in [1.165, 1.54) is 5.56 Å². The van der Waals surface area contributed by atoms with Crippen LogP contribution in [0.15, 0.2) is 18.2 Å². The van der Waals surface area contributed by atoms with E-state index >= 15 is 0 Å². The van der Waals surface area contributed by atoms with Gasteiger partial charge in [0.15, 0.2) is 11.5 Å². The maximum Gasteiger partial charge on any atom is 0.160 e. The maximum atomic E-state index is 5.26. The van der Waals surface area contributed by atoms with Gasteiger partial charge in [-0.05, 0) is 30.5 Å². The zero-order valence-corrected chi connectivity index (χ0v) is 10.9. The number of hydrogen-bond acceptors (Lipinski definition) is 2. The molecule has 2 heteroatoms. The van der Waals surface area contributed by atoms with Crippen molar-refractivity contribution in [2.45, 2.75) is 32.6 Å². The largest absolute Gasteiger partial charge is 0.493 e. The molecule has 0 fully saturated rings. The molecular weight excluding hydrogens is 212 g/mol. The predicted octanol–water partition coefficient (Wildman–Crippen LogP) is 3.44. The van der Waals surface area contributed by atoms with E-state index in [1.807, 2.05) is 12.1 Å². The average Bonchev–Trinajstić information content (AvgIpc) is 2.38. The van der Waals surface area contributed by atoms with Gasteiger partial charge in [-0.1, -0.05) is 13.0 Å². The van der Waals surface area contributed by atoms with Crippen LogP contribution in [0.3, 0.4) is 0 Å². The lowest BCUT2D eigenvalue weighted by atomic mass is 10.1. The average molecular weight is 232 g/mol. The quantitative estimate of drug-likeness (QED) is 0.724. The molecule has 0 atom stereocenters. The van der Waals surface area contributed by atoms with Gasteiger partial charge < -0.3 is 9.47 Å². The molecule has 1 aromatic carbocycles. The minimum absolute atomic E-state index is 0.772. The smallest absolute Gasteiger partial charge is 0.160 e. The van der Waals surface area contributed by atoms with Gasteiger partial charge in [0, 0.05) is 12.8 Å². The molecule has 0 radical (unpaired) electrons. The van der Waals surface area contributed by atoms with Gasteiger partial charge in [0.1, 0.15) is 0 Å². The number of ether oxygens (including phenoxy) is 2. The normalized spacial score (nSPS) is 9.35. The van der Waals surface area contributed by atoms with Gasteiger partial charge >= 0.3 is 0 Å². The van der Waals surface area contributed by atoms with Crippen molar-refractivity contribution in [3.8, 4) is 23.3 Å². The molecule has 2 nitrogen and oxygen atoms in total. The van der Waals surface area contributed by atoms with E-state index in [9.17, 15) is 0 Å². The molecule has 0 bridgehead atoms.